The minimum Gasteiger partial charge on any atom is -0.383 e. The van der Waals surface area contributed by atoms with Crippen LogP contribution in [-0.2, 0) is 34.2 Å². The van der Waals surface area contributed by atoms with Gasteiger partial charge in [0.15, 0.2) is 0 Å². The summed E-state index contributed by atoms with van der Waals surface area (Å²) in [5.74, 6) is 0.475. The Labute approximate surface area is 171 Å². The van der Waals surface area contributed by atoms with Crippen LogP contribution in [0.15, 0.2) is 41.9 Å². The van der Waals surface area contributed by atoms with Gasteiger partial charge in [-0.3, -0.25) is 4.90 Å². The highest BCUT2D eigenvalue weighted by Crippen LogP contribution is 2.32. The molecule has 0 aromatic carbocycles. The average molecular weight is 418 g/mol. The molecule has 156 valence electrons. The van der Waals surface area contributed by atoms with Crippen LogP contribution in [0.1, 0.15) is 24.2 Å². The molecule has 3 aromatic heterocycles. The molecular weight excluding hydrogens is 390 g/mol. The maximum atomic E-state index is 12.8. The SMILES string of the molecule is COCCn1c(CN(C)Cc2cnc3ccccn23)cnc1S(=O)(=O)CC1CC1. The number of pyridine rings is 1. The highest BCUT2D eigenvalue weighted by atomic mass is 32.2. The quantitative estimate of drug-likeness (QED) is 0.502. The van der Waals surface area contributed by atoms with Crippen molar-refractivity contribution in [1.82, 2.24) is 23.8 Å². The van der Waals surface area contributed by atoms with E-state index in [1.807, 2.05) is 37.6 Å². The van der Waals surface area contributed by atoms with Crippen molar-refractivity contribution in [2.45, 2.75) is 37.6 Å². The molecule has 9 heteroatoms. The smallest absolute Gasteiger partial charge is 0.227 e. The van der Waals surface area contributed by atoms with Crippen molar-refractivity contribution in [1.29, 1.82) is 0 Å². The lowest BCUT2D eigenvalue weighted by Crippen LogP contribution is -2.23. The molecule has 0 N–H and O–H groups in total. The third kappa shape index (κ3) is 4.52. The summed E-state index contributed by atoms with van der Waals surface area (Å²) in [6.45, 7) is 2.17. The molecule has 29 heavy (non-hydrogen) atoms. The number of imidazole rings is 2. The second kappa shape index (κ2) is 8.25. The van der Waals surface area contributed by atoms with E-state index >= 15 is 0 Å². The summed E-state index contributed by atoms with van der Waals surface area (Å²) in [7, 11) is 0.237. The third-order valence-corrected chi connectivity index (χ3v) is 7.00. The number of methoxy groups -OCH3 is 1. The molecule has 0 aliphatic heterocycles. The molecule has 0 spiro atoms. The number of ether oxygens (including phenoxy) is 1. The van der Waals surface area contributed by atoms with Gasteiger partial charge in [0, 0.05) is 32.9 Å². The summed E-state index contributed by atoms with van der Waals surface area (Å²) in [5, 5.41) is 0.166. The van der Waals surface area contributed by atoms with Gasteiger partial charge >= 0.3 is 0 Å². The predicted molar refractivity (Wildman–Crippen MR) is 109 cm³/mol. The van der Waals surface area contributed by atoms with Crippen LogP contribution >= 0.6 is 0 Å². The number of hydrogen-bond donors (Lipinski definition) is 0. The first-order valence-corrected chi connectivity index (χ1v) is 11.5. The van der Waals surface area contributed by atoms with Crippen LogP contribution in [0.4, 0.5) is 0 Å². The molecular formula is C20H27N5O3S. The molecule has 1 aliphatic carbocycles. The van der Waals surface area contributed by atoms with Crippen LogP contribution in [0.5, 0.6) is 0 Å². The van der Waals surface area contributed by atoms with Gasteiger partial charge in [-0.25, -0.2) is 18.4 Å². The monoisotopic (exact) mass is 417 g/mol. The van der Waals surface area contributed by atoms with Crippen LogP contribution in [0.3, 0.4) is 0 Å². The molecule has 3 aromatic rings. The topological polar surface area (TPSA) is 81.7 Å². The number of fused-ring (bicyclic) bond motifs is 1. The summed E-state index contributed by atoms with van der Waals surface area (Å²) < 4.78 is 34.7. The summed E-state index contributed by atoms with van der Waals surface area (Å²) in [5.41, 5.74) is 2.86. The van der Waals surface area contributed by atoms with E-state index in [0.717, 1.165) is 29.9 Å². The van der Waals surface area contributed by atoms with Gasteiger partial charge < -0.3 is 13.7 Å². The normalized spacial score (nSPS) is 14.9. The van der Waals surface area contributed by atoms with E-state index in [9.17, 15) is 8.42 Å². The average Bonchev–Trinajstić information content (AvgIpc) is 3.25. The lowest BCUT2D eigenvalue weighted by atomic mass is 10.3. The Balaban J connectivity index is 1.54. The zero-order valence-electron chi connectivity index (χ0n) is 16.9. The van der Waals surface area contributed by atoms with E-state index in [0.29, 0.717) is 26.2 Å². The summed E-state index contributed by atoms with van der Waals surface area (Å²) in [6, 6.07) is 5.92. The molecule has 0 bridgehead atoms. The Morgan fingerprint density at radius 2 is 1.93 bits per heavy atom. The van der Waals surface area contributed by atoms with Gasteiger partial charge in [-0.05, 0) is 37.9 Å². The minimum absolute atomic E-state index is 0.166. The highest BCUT2D eigenvalue weighted by Gasteiger charge is 2.32. The predicted octanol–water partition coefficient (Wildman–Crippen LogP) is 1.99. The van der Waals surface area contributed by atoms with Gasteiger partial charge in [-0.15, -0.1) is 0 Å². The Bertz CT molecular complexity index is 1080. The van der Waals surface area contributed by atoms with Gasteiger partial charge in [0.1, 0.15) is 5.65 Å². The van der Waals surface area contributed by atoms with Gasteiger partial charge in [0.05, 0.1) is 36.1 Å². The molecule has 0 unspecified atom stereocenters. The molecule has 1 aliphatic rings. The summed E-state index contributed by atoms with van der Waals surface area (Å²) >= 11 is 0. The van der Waals surface area contributed by atoms with E-state index in [4.69, 9.17) is 4.74 Å². The van der Waals surface area contributed by atoms with Crippen LogP contribution in [0, 0.1) is 5.92 Å². The Hall–Kier alpha value is -2.23. The van der Waals surface area contributed by atoms with Crippen molar-refractivity contribution in [3.05, 3.63) is 48.2 Å². The zero-order valence-corrected chi connectivity index (χ0v) is 17.7. The standard InChI is InChI=1S/C20H27N5O3S/c1-23(13-17-11-21-19-5-3-4-8-24(17)19)14-18-12-22-20(25(18)9-10-28-2)29(26,27)15-16-6-7-16/h3-5,8,11-12,16H,6-7,9-10,13-15H2,1-2H3. The van der Waals surface area contributed by atoms with Crippen LogP contribution in [0.2, 0.25) is 0 Å². The van der Waals surface area contributed by atoms with Crippen molar-refractivity contribution in [3.63, 3.8) is 0 Å². The fourth-order valence-corrected chi connectivity index (χ4v) is 5.43. The number of hydrogen-bond acceptors (Lipinski definition) is 6. The number of nitrogens with zero attached hydrogens (tertiary/aromatic N) is 5. The largest absolute Gasteiger partial charge is 0.383 e. The molecule has 0 amide bonds. The fraction of sp³-hybridized carbons (Fsp3) is 0.500. The lowest BCUT2D eigenvalue weighted by molar-refractivity contribution is 0.182. The van der Waals surface area contributed by atoms with E-state index in [2.05, 4.69) is 19.3 Å². The third-order valence-electron chi connectivity index (χ3n) is 5.21. The molecule has 4 rings (SSSR count). The van der Waals surface area contributed by atoms with E-state index in [1.165, 1.54) is 0 Å². The van der Waals surface area contributed by atoms with Crippen molar-refractivity contribution >= 4 is 15.5 Å². The van der Waals surface area contributed by atoms with Gasteiger partial charge in [0.2, 0.25) is 15.0 Å². The Kier molecular flexibility index (Phi) is 5.71. The molecule has 1 fully saturated rings. The fourth-order valence-electron chi connectivity index (χ4n) is 3.57. The van der Waals surface area contributed by atoms with Gasteiger partial charge in [0.25, 0.3) is 0 Å². The van der Waals surface area contributed by atoms with Crippen LogP contribution in [-0.4, -0.2) is 58.8 Å². The van der Waals surface area contributed by atoms with Crippen LogP contribution in [0.25, 0.3) is 5.65 Å². The molecule has 3 heterocycles. The van der Waals surface area contributed by atoms with E-state index in [-0.39, 0.29) is 16.8 Å². The summed E-state index contributed by atoms with van der Waals surface area (Å²) in [4.78, 5) is 10.9. The van der Waals surface area contributed by atoms with Crippen molar-refractivity contribution < 1.29 is 13.2 Å². The highest BCUT2D eigenvalue weighted by molar-refractivity contribution is 7.91. The maximum Gasteiger partial charge on any atom is 0.227 e. The number of sulfone groups is 1. The minimum atomic E-state index is -3.39. The number of rotatable bonds is 10. The first kappa shape index (κ1) is 20.1. The summed E-state index contributed by atoms with van der Waals surface area (Å²) in [6.07, 6.45) is 7.54. The molecule has 0 atom stereocenters. The Morgan fingerprint density at radius 3 is 2.69 bits per heavy atom. The first-order valence-electron chi connectivity index (χ1n) is 9.83. The zero-order chi connectivity index (χ0) is 20.4. The van der Waals surface area contributed by atoms with Gasteiger partial charge in [-0.1, -0.05) is 6.07 Å². The first-order chi connectivity index (χ1) is 14.0. The lowest BCUT2D eigenvalue weighted by Gasteiger charge is -2.18. The van der Waals surface area contributed by atoms with E-state index < -0.39 is 9.84 Å². The number of aromatic nitrogens is 4. The van der Waals surface area contributed by atoms with Gasteiger partial charge in [-0.2, -0.15) is 0 Å². The molecule has 0 radical (unpaired) electrons. The van der Waals surface area contributed by atoms with Crippen molar-refractivity contribution in [2.75, 3.05) is 26.5 Å². The molecule has 1 saturated carbocycles. The van der Waals surface area contributed by atoms with E-state index in [1.54, 1.807) is 17.9 Å². The molecule has 0 saturated heterocycles. The Morgan fingerprint density at radius 1 is 1.17 bits per heavy atom. The second-order valence-electron chi connectivity index (χ2n) is 7.75. The van der Waals surface area contributed by atoms with Crippen molar-refractivity contribution in [3.8, 4) is 0 Å². The maximum absolute atomic E-state index is 12.8. The second-order valence-corrected chi connectivity index (χ2v) is 9.68. The molecule has 8 nitrogen and oxygen atoms in total. The van der Waals surface area contributed by atoms with Crippen molar-refractivity contribution in [2.24, 2.45) is 5.92 Å². The van der Waals surface area contributed by atoms with Crippen LogP contribution < -0.4 is 0 Å².